The van der Waals surface area contributed by atoms with Gasteiger partial charge in [-0.1, -0.05) is 48.2 Å². The van der Waals surface area contributed by atoms with Crippen LogP contribution < -0.4 is 10.5 Å². The zero-order chi connectivity index (χ0) is 23.3. The molecular weight excluding hydrogens is 488 g/mol. The maximum absolute atomic E-state index is 12.4. The molecule has 1 fully saturated rings. The second-order valence-corrected chi connectivity index (χ2v) is 8.95. The molecule has 2 aromatic carbocycles. The van der Waals surface area contributed by atoms with Gasteiger partial charge in [-0.05, 0) is 48.2 Å². The average Bonchev–Trinajstić information content (AvgIpc) is 3.02. The molecule has 33 heavy (non-hydrogen) atoms. The Morgan fingerprint density at radius 2 is 1.67 bits per heavy atom. The van der Waals surface area contributed by atoms with Gasteiger partial charge in [0.15, 0.2) is 0 Å². The maximum Gasteiger partial charge on any atom is 0.323 e. The lowest BCUT2D eigenvalue weighted by Gasteiger charge is -2.12. The normalized spacial score (nSPS) is 16.2. The number of carboxylic acids is 1. The first kappa shape index (κ1) is 26.6. The van der Waals surface area contributed by atoms with E-state index in [1.807, 2.05) is 24.3 Å². The average molecular weight is 511 g/mol. The van der Waals surface area contributed by atoms with Crippen molar-refractivity contribution < 1.29 is 29.0 Å². The number of methoxy groups -OCH3 is 1. The smallest absolute Gasteiger partial charge is 0.323 e. The number of hydrogen-bond acceptors (Lipinski definition) is 8. The fourth-order valence-electron chi connectivity index (χ4n) is 3.13. The molecule has 1 aliphatic heterocycles. The molecule has 0 saturated carbocycles. The van der Waals surface area contributed by atoms with Crippen LogP contribution in [0.4, 0.5) is 0 Å². The number of halogens is 1. The van der Waals surface area contributed by atoms with Crippen molar-refractivity contribution in [3.63, 3.8) is 0 Å². The van der Waals surface area contributed by atoms with Crippen molar-refractivity contribution in [2.75, 3.05) is 13.7 Å². The van der Waals surface area contributed by atoms with Gasteiger partial charge in [0.05, 0.1) is 12.4 Å². The van der Waals surface area contributed by atoms with E-state index in [4.69, 9.17) is 27.8 Å². The van der Waals surface area contributed by atoms with E-state index >= 15 is 0 Å². The maximum atomic E-state index is 12.4. The van der Waals surface area contributed by atoms with E-state index in [9.17, 15) is 14.4 Å². The lowest BCUT2D eigenvalue weighted by atomic mass is 10.1. The van der Waals surface area contributed by atoms with Crippen molar-refractivity contribution >= 4 is 58.6 Å². The molecule has 0 aliphatic carbocycles. The molecule has 1 amide bonds. The van der Waals surface area contributed by atoms with Crippen LogP contribution in [-0.4, -0.2) is 57.1 Å². The van der Waals surface area contributed by atoms with E-state index in [0.29, 0.717) is 28.7 Å². The molecule has 0 radical (unpaired) electrons. The number of amides is 1. The molecule has 2 aromatic rings. The third kappa shape index (κ3) is 7.16. The van der Waals surface area contributed by atoms with E-state index in [2.05, 4.69) is 4.74 Å². The van der Waals surface area contributed by atoms with Gasteiger partial charge in [-0.15, -0.1) is 12.4 Å². The summed E-state index contributed by atoms with van der Waals surface area (Å²) in [5, 5.41) is 8.49. The fraction of sp³-hybridized carbons (Fsp3) is 0.273. The number of nitrogens with two attached hydrogens (primary N) is 1. The first-order valence-corrected chi connectivity index (χ1v) is 11.0. The summed E-state index contributed by atoms with van der Waals surface area (Å²) >= 11 is 6.34. The Balaban J connectivity index is 0.00000385. The fourth-order valence-corrected chi connectivity index (χ4v) is 4.66. The molecule has 2 unspecified atom stereocenters. The van der Waals surface area contributed by atoms with Gasteiger partial charge < -0.3 is 20.3 Å². The highest BCUT2D eigenvalue weighted by Crippen LogP contribution is 2.30. The summed E-state index contributed by atoms with van der Waals surface area (Å²) < 4.78 is 10.8. The molecule has 11 heteroatoms. The Morgan fingerprint density at radius 3 is 2.18 bits per heavy atom. The minimum absolute atomic E-state index is 0. The number of thioether (sulfide) groups is 1. The Kier molecular flexibility index (Phi) is 9.66. The lowest BCUT2D eigenvalue weighted by Crippen LogP contribution is -2.36. The summed E-state index contributed by atoms with van der Waals surface area (Å²) in [4.78, 5) is 35.9. The molecule has 2 atom stereocenters. The summed E-state index contributed by atoms with van der Waals surface area (Å²) in [6.45, 7) is -0.415. The number of rotatable bonds is 9. The number of ether oxygens (including phenoxy) is 2. The number of benzene rings is 2. The second kappa shape index (κ2) is 12.0. The number of carboxylic acid groups (broad SMARTS) is 1. The number of nitrogens with zero attached hydrogens (tertiary/aromatic N) is 1. The van der Waals surface area contributed by atoms with Crippen LogP contribution in [0, 0.1) is 0 Å². The second-order valence-electron chi connectivity index (χ2n) is 7.12. The third-order valence-corrected chi connectivity index (χ3v) is 6.35. The summed E-state index contributed by atoms with van der Waals surface area (Å²) in [7, 11) is 1.30. The molecule has 176 valence electrons. The first-order chi connectivity index (χ1) is 15.3. The van der Waals surface area contributed by atoms with E-state index in [0.717, 1.165) is 16.0 Å². The molecule has 0 spiro atoms. The van der Waals surface area contributed by atoms with Crippen LogP contribution in [-0.2, 0) is 32.0 Å². The van der Waals surface area contributed by atoms with Crippen LogP contribution in [0.15, 0.2) is 48.5 Å². The van der Waals surface area contributed by atoms with Crippen LogP contribution in [0.2, 0.25) is 0 Å². The lowest BCUT2D eigenvalue weighted by molar-refractivity contribution is -0.142. The van der Waals surface area contributed by atoms with Crippen LogP contribution >= 0.6 is 36.4 Å². The van der Waals surface area contributed by atoms with Crippen molar-refractivity contribution in [1.29, 1.82) is 0 Å². The van der Waals surface area contributed by atoms with E-state index < -0.39 is 29.8 Å². The summed E-state index contributed by atoms with van der Waals surface area (Å²) in [5.74, 6) is -0.581. The molecule has 1 heterocycles. The van der Waals surface area contributed by atoms with Crippen LogP contribution in [0.3, 0.4) is 0 Å². The summed E-state index contributed by atoms with van der Waals surface area (Å²) in [5.41, 5.74) is 7.58. The Labute approximate surface area is 206 Å². The first-order valence-electron chi connectivity index (χ1n) is 9.69. The topological polar surface area (TPSA) is 119 Å². The van der Waals surface area contributed by atoms with Gasteiger partial charge in [-0.25, -0.2) is 0 Å². The molecule has 1 saturated heterocycles. The molecule has 3 rings (SSSR count). The molecule has 8 nitrogen and oxygen atoms in total. The quantitative estimate of drug-likeness (QED) is 0.387. The number of carbonyl (C=O) groups is 3. The molecule has 1 aliphatic rings. The van der Waals surface area contributed by atoms with Crippen LogP contribution in [0.25, 0.3) is 0 Å². The van der Waals surface area contributed by atoms with Crippen molar-refractivity contribution in [2.24, 2.45) is 5.73 Å². The van der Waals surface area contributed by atoms with Gasteiger partial charge in [-0.2, -0.15) is 0 Å². The van der Waals surface area contributed by atoms with Crippen molar-refractivity contribution in [1.82, 2.24) is 4.90 Å². The number of aliphatic carboxylic acids is 1. The van der Waals surface area contributed by atoms with Gasteiger partial charge in [0.25, 0.3) is 0 Å². The Morgan fingerprint density at radius 1 is 1.12 bits per heavy atom. The zero-order valence-electron chi connectivity index (χ0n) is 17.6. The molecular formula is C22H23ClN2O6S2. The van der Waals surface area contributed by atoms with Crippen LogP contribution in [0.5, 0.6) is 11.5 Å². The third-order valence-electron chi connectivity index (χ3n) is 4.76. The van der Waals surface area contributed by atoms with Gasteiger partial charge in [-0.3, -0.25) is 19.3 Å². The number of esters is 1. The van der Waals surface area contributed by atoms with Crippen LogP contribution in [0.1, 0.15) is 11.1 Å². The highest BCUT2D eigenvalue weighted by molar-refractivity contribution is 8.24. The predicted molar refractivity (Wildman–Crippen MR) is 131 cm³/mol. The van der Waals surface area contributed by atoms with Gasteiger partial charge in [0.2, 0.25) is 5.91 Å². The Bertz CT molecular complexity index is 1020. The monoisotopic (exact) mass is 510 g/mol. The van der Waals surface area contributed by atoms with Crippen molar-refractivity contribution in [2.45, 2.75) is 24.1 Å². The van der Waals surface area contributed by atoms with Crippen molar-refractivity contribution in [3.05, 3.63) is 59.7 Å². The predicted octanol–water partition coefficient (Wildman–Crippen LogP) is 2.80. The van der Waals surface area contributed by atoms with Crippen molar-refractivity contribution in [3.8, 4) is 11.5 Å². The van der Waals surface area contributed by atoms with E-state index in [1.54, 1.807) is 24.3 Å². The van der Waals surface area contributed by atoms with Gasteiger partial charge in [0, 0.05) is 0 Å². The number of carbonyl (C=O) groups excluding carboxylic acids is 2. The largest absolute Gasteiger partial charge is 0.480 e. The highest BCUT2D eigenvalue weighted by Gasteiger charge is 2.37. The summed E-state index contributed by atoms with van der Waals surface area (Å²) in [6.07, 6.45) is 0.808. The number of thiocarbonyl (C=S) groups is 1. The Hall–Kier alpha value is -2.66. The molecule has 3 N–H and O–H groups in total. The highest BCUT2D eigenvalue weighted by atomic mass is 35.5. The molecule has 0 bridgehead atoms. The van der Waals surface area contributed by atoms with E-state index in [-0.39, 0.29) is 18.3 Å². The molecule has 0 aromatic heterocycles. The standard InChI is InChI=1S/C22H22N2O6S2.ClH/c1-29-21(28)17(23)10-13-2-6-15(7-3-13)30-16-8-4-14(5-9-16)11-18-20(27)24(12-19(25)26)22(31)32-18;/h2-9,17-18H,10-12,23H2,1H3,(H,25,26);1H. The van der Waals surface area contributed by atoms with E-state index in [1.165, 1.54) is 18.9 Å². The minimum atomic E-state index is -1.09. The summed E-state index contributed by atoms with van der Waals surface area (Å²) in [6, 6.07) is 13.9. The zero-order valence-corrected chi connectivity index (χ0v) is 20.1. The van der Waals surface area contributed by atoms with Gasteiger partial charge >= 0.3 is 11.9 Å². The minimum Gasteiger partial charge on any atom is -0.480 e. The SMILES string of the molecule is COC(=O)C(N)Cc1ccc(Oc2ccc(CC3SC(=S)N(CC(=O)O)C3=O)cc2)cc1.Cl. The number of hydrogen-bond donors (Lipinski definition) is 2. The van der Waals surface area contributed by atoms with Gasteiger partial charge in [0.1, 0.15) is 28.4 Å².